The molecule has 0 radical (unpaired) electrons. The highest BCUT2D eigenvalue weighted by Gasteiger charge is 2.33. The largest absolute Gasteiger partial charge is 0.417 e. The third-order valence-electron chi connectivity index (χ3n) is 8.04. The van der Waals surface area contributed by atoms with Gasteiger partial charge in [-0.2, -0.15) is 13.2 Å². The normalized spacial score (nSPS) is 14.9. The lowest BCUT2D eigenvalue weighted by Gasteiger charge is -2.27. The number of H-pyrrole nitrogens is 2. The smallest absolute Gasteiger partial charge is 0.307 e. The predicted octanol–water partition coefficient (Wildman–Crippen LogP) is 8.88. The molecule has 218 valence electrons. The first kappa shape index (κ1) is 29.0. The van der Waals surface area contributed by atoms with Gasteiger partial charge in [0.15, 0.2) is 0 Å². The predicted molar refractivity (Wildman–Crippen MR) is 167 cm³/mol. The summed E-state index contributed by atoms with van der Waals surface area (Å²) in [7, 11) is 0. The summed E-state index contributed by atoms with van der Waals surface area (Å²) in [5.41, 5.74) is 2.30. The molecule has 0 saturated heterocycles. The van der Waals surface area contributed by atoms with Crippen LogP contribution in [0, 0.1) is 5.92 Å². The van der Waals surface area contributed by atoms with Gasteiger partial charge in [-0.25, -0.2) is 4.79 Å². The fourth-order valence-electron chi connectivity index (χ4n) is 6.01. The van der Waals surface area contributed by atoms with Gasteiger partial charge in [-0.15, -0.1) is 0 Å². The molecule has 1 aromatic heterocycles. The lowest BCUT2D eigenvalue weighted by atomic mass is 9.78. The summed E-state index contributed by atoms with van der Waals surface area (Å²) in [6.45, 7) is 0. The zero-order valence-electron chi connectivity index (χ0n) is 22.7. The second kappa shape index (κ2) is 11.5. The Morgan fingerprint density at radius 3 is 2.28 bits per heavy atom. The summed E-state index contributed by atoms with van der Waals surface area (Å²) < 4.78 is 39.7. The molecular weight excluding hydrogens is 596 g/mol. The average molecular weight is 621 g/mol. The second-order valence-electron chi connectivity index (χ2n) is 10.8. The van der Waals surface area contributed by atoms with Crippen LogP contribution in [0.15, 0.2) is 94.5 Å². The number of nitrogens with one attached hydrogen (secondary N) is 2. The van der Waals surface area contributed by atoms with Gasteiger partial charge in [-0.05, 0) is 94.8 Å². The van der Waals surface area contributed by atoms with Gasteiger partial charge in [0, 0.05) is 10.4 Å². The van der Waals surface area contributed by atoms with Crippen LogP contribution in [-0.2, 0) is 25.4 Å². The Kier molecular flexibility index (Phi) is 7.79. The van der Waals surface area contributed by atoms with Gasteiger partial charge in [0.1, 0.15) is 0 Å². The summed E-state index contributed by atoms with van der Waals surface area (Å²) in [6.07, 6.45) is -1.09. The summed E-state index contributed by atoms with van der Waals surface area (Å²) in [4.78, 5) is 26.6. The highest BCUT2D eigenvalue weighted by atomic mass is 35.5. The van der Waals surface area contributed by atoms with E-state index in [1.54, 1.807) is 30.3 Å². The van der Waals surface area contributed by atoms with Crippen LogP contribution >= 0.6 is 23.2 Å². The number of aromatic amines is 2. The average Bonchev–Trinajstić information content (AvgIpc) is 2.98. The number of para-hydroxylation sites is 1. The third kappa shape index (κ3) is 5.92. The van der Waals surface area contributed by atoms with Crippen LogP contribution in [0.3, 0.4) is 0 Å². The van der Waals surface area contributed by atoms with Gasteiger partial charge in [-0.1, -0.05) is 77.8 Å². The number of rotatable bonds is 2. The van der Waals surface area contributed by atoms with Crippen LogP contribution in [0.1, 0.15) is 28.7 Å². The third-order valence-corrected chi connectivity index (χ3v) is 8.70. The number of hydrogen-bond donors (Lipinski definition) is 2. The Morgan fingerprint density at radius 2 is 1.47 bits per heavy atom. The van der Waals surface area contributed by atoms with E-state index in [-0.39, 0.29) is 16.5 Å². The zero-order chi connectivity index (χ0) is 30.3. The monoisotopic (exact) mass is 620 g/mol. The molecule has 0 spiro atoms. The van der Waals surface area contributed by atoms with Crippen molar-refractivity contribution in [1.82, 2.24) is 9.97 Å². The molecule has 0 bridgehead atoms. The summed E-state index contributed by atoms with van der Waals surface area (Å²) in [5.74, 6) is 0.287. The van der Waals surface area contributed by atoms with Gasteiger partial charge in [0.25, 0.3) is 5.56 Å². The Labute approximate surface area is 254 Å². The number of benzene rings is 5. The van der Waals surface area contributed by atoms with E-state index in [4.69, 9.17) is 23.2 Å². The van der Waals surface area contributed by atoms with Gasteiger partial charge < -0.3 is 4.98 Å². The first-order chi connectivity index (χ1) is 20.6. The molecule has 1 aliphatic rings. The molecule has 0 fully saturated rings. The van der Waals surface area contributed by atoms with Crippen molar-refractivity contribution in [3.63, 3.8) is 0 Å². The molecular formula is C34H25Cl2F3N2O2. The van der Waals surface area contributed by atoms with Crippen LogP contribution in [-0.4, -0.2) is 9.97 Å². The number of fused-ring (bicyclic) bond motifs is 6. The molecule has 0 amide bonds. The fourth-order valence-corrected chi connectivity index (χ4v) is 6.47. The van der Waals surface area contributed by atoms with Gasteiger partial charge >= 0.3 is 11.9 Å². The Morgan fingerprint density at radius 1 is 0.744 bits per heavy atom. The molecule has 1 heterocycles. The minimum atomic E-state index is -4.44. The molecule has 6 aromatic rings. The highest BCUT2D eigenvalue weighted by molar-refractivity contribution is 6.36. The van der Waals surface area contributed by atoms with Crippen molar-refractivity contribution >= 4 is 55.6 Å². The quantitative estimate of drug-likeness (QED) is 0.190. The van der Waals surface area contributed by atoms with Gasteiger partial charge in [-0.3, -0.25) is 9.78 Å². The Hall–Kier alpha value is -4.07. The molecule has 2 N–H and O–H groups in total. The van der Waals surface area contributed by atoms with Crippen molar-refractivity contribution in [1.29, 1.82) is 0 Å². The van der Waals surface area contributed by atoms with E-state index in [1.807, 2.05) is 12.1 Å². The molecule has 7 rings (SSSR count). The van der Waals surface area contributed by atoms with Crippen molar-refractivity contribution < 1.29 is 13.2 Å². The molecule has 5 aromatic carbocycles. The maximum atomic E-state index is 13.2. The van der Waals surface area contributed by atoms with Crippen LogP contribution in [0.4, 0.5) is 13.2 Å². The van der Waals surface area contributed by atoms with Crippen molar-refractivity contribution in [2.24, 2.45) is 5.92 Å². The molecule has 1 aliphatic carbocycles. The minimum Gasteiger partial charge on any atom is -0.307 e. The van der Waals surface area contributed by atoms with Crippen LogP contribution in [0.2, 0.25) is 10.0 Å². The number of halogens is 5. The molecule has 1 unspecified atom stereocenters. The maximum Gasteiger partial charge on any atom is 0.417 e. The molecule has 43 heavy (non-hydrogen) atoms. The molecule has 9 heteroatoms. The molecule has 0 aliphatic heterocycles. The van der Waals surface area contributed by atoms with E-state index in [0.717, 1.165) is 35.1 Å². The topological polar surface area (TPSA) is 65.7 Å². The first-order valence-electron chi connectivity index (χ1n) is 13.8. The van der Waals surface area contributed by atoms with Crippen LogP contribution < -0.4 is 11.2 Å². The summed E-state index contributed by atoms with van der Waals surface area (Å²) >= 11 is 12.2. The molecule has 1 atom stereocenters. The first-order valence-corrected chi connectivity index (χ1v) is 14.5. The van der Waals surface area contributed by atoms with Crippen molar-refractivity contribution in [3.05, 3.63) is 138 Å². The Balaban J connectivity index is 0.000000229. The lowest BCUT2D eigenvalue weighted by molar-refractivity contribution is -0.137. The number of hydrogen-bond acceptors (Lipinski definition) is 2. The van der Waals surface area contributed by atoms with Crippen LogP contribution in [0.25, 0.3) is 32.4 Å². The fraction of sp³-hybridized carbons (Fsp3) is 0.176. The van der Waals surface area contributed by atoms with E-state index < -0.39 is 17.4 Å². The maximum absolute atomic E-state index is 13.2. The highest BCUT2D eigenvalue weighted by Crippen LogP contribution is 2.39. The SMILES string of the molecule is FC(F)(F)c1cc(CC2CCc3ccc4c(ccc5c(Cl)cccc54)c3C2)ccc1Cl.O=c1[nH]c(=O)c2ccccc2[nH]1. The molecule has 4 nitrogen and oxygen atoms in total. The van der Waals surface area contributed by atoms with Crippen LogP contribution in [0.5, 0.6) is 0 Å². The minimum absolute atomic E-state index is 0.248. The van der Waals surface area contributed by atoms with Gasteiger partial charge in [0.05, 0.1) is 21.5 Å². The van der Waals surface area contributed by atoms with Gasteiger partial charge in [0.2, 0.25) is 0 Å². The zero-order valence-corrected chi connectivity index (χ0v) is 24.2. The number of aromatic nitrogens is 2. The van der Waals surface area contributed by atoms with E-state index in [0.29, 0.717) is 22.9 Å². The van der Waals surface area contributed by atoms with Crippen molar-refractivity contribution in [2.75, 3.05) is 0 Å². The second-order valence-corrected chi connectivity index (χ2v) is 11.6. The lowest BCUT2D eigenvalue weighted by Crippen LogP contribution is -2.21. The summed E-state index contributed by atoms with van der Waals surface area (Å²) in [6, 6.07) is 25.6. The Bertz CT molecular complexity index is 2120. The van der Waals surface area contributed by atoms with E-state index >= 15 is 0 Å². The molecule has 0 saturated carbocycles. The van der Waals surface area contributed by atoms with Crippen molar-refractivity contribution in [2.45, 2.75) is 31.9 Å². The van der Waals surface area contributed by atoms with E-state index in [2.05, 4.69) is 40.3 Å². The van der Waals surface area contributed by atoms with E-state index in [1.165, 1.54) is 34.0 Å². The van der Waals surface area contributed by atoms with E-state index in [9.17, 15) is 22.8 Å². The summed E-state index contributed by atoms with van der Waals surface area (Å²) in [5, 5.41) is 5.53. The number of alkyl halides is 3. The van der Waals surface area contributed by atoms with Crippen molar-refractivity contribution in [3.8, 4) is 0 Å². The number of aryl methyl sites for hydroxylation is 1. The standard InChI is InChI=1S/C26H19Cl2F3.C8H6N2O2/c27-24-3-1-2-18-19-8-7-17-6-4-15(13-22(17)20(19)9-10-21(18)24)12-16-5-11-25(28)23(14-16)26(29,30)31;11-7-5-3-1-2-4-6(5)9-8(12)10-7/h1-3,5,7-11,14-15H,4,6,12-13H2;1-4H,(H2,9,10,11,12).